The molecule has 2 heterocycles. The average Bonchev–Trinajstić information content (AvgIpc) is 3.05. The van der Waals surface area contributed by atoms with E-state index in [9.17, 15) is 4.79 Å². The number of nitrogens with one attached hydrogen (secondary N) is 2. The Morgan fingerprint density at radius 3 is 3.21 bits per heavy atom. The van der Waals surface area contributed by atoms with Crippen LogP contribution in [0.2, 0.25) is 0 Å². The zero-order valence-corrected chi connectivity index (χ0v) is 11.1. The van der Waals surface area contributed by atoms with Crippen molar-refractivity contribution in [2.45, 2.75) is 6.42 Å². The third kappa shape index (κ3) is 2.36. The number of H-pyrrole nitrogens is 1. The minimum absolute atomic E-state index is 0.148. The van der Waals surface area contributed by atoms with Crippen LogP contribution >= 0.6 is 0 Å². The monoisotopic (exact) mass is 257 g/mol. The summed E-state index contributed by atoms with van der Waals surface area (Å²) in [5, 5.41) is 4.33. The summed E-state index contributed by atoms with van der Waals surface area (Å²) in [6.07, 6.45) is 3.00. The maximum absolute atomic E-state index is 12.5. The van der Waals surface area contributed by atoms with Gasteiger partial charge >= 0.3 is 0 Å². The molecule has 1 amide bonds. The minimum atomic E-state index is 0.148. The summed E-state index contributed by atoms with van der Waals surface area (Å²) in [5.41, 5.74) is 1.80. The fourth-order valence-corrected chi connectivity index (χ4v) is 2.84. The van der Waals surface area contributed by atoms with Crippen LogP contribution in [0.1, 0.15) is 16.8 Å². The highest BCUT2D eigenvalue weighted by molar-refractivity contribution is 5.98. The second kappa shape index (κ2) is 5.05. The normalized spacial score (nSPS) is 19.2. The van der Waals surface area contributed by atoms with Crippen LogP contribution in [-0.4, -0.2) is 42.5 Å². The molecule has 1 saturated heterocycles. The van der Waals surface area contributed by atoms with Gasteiger partial charge in [-0.05, 0) is 49.5 Å². The van der Waals surface area contributed by atoms with Gasteiger partial charge in [0.05, 0.1) is 0 Å². The Kier molecular flexibility index (Phi) is 3.25. The first-order valence-corrected chi connectivity index (χ1v) is 6.79. The number of likely N-dealkylation sites (tertiary alicyclic amines) is 1. The quantitative estimate of drug-likeness (QED) is 0.881. The van der Waals surface area contributed by atoms with Gasteiger partial charge in [0.1, 0.15) is 0 Å². The van der Waals surface area contributed by atoms with E-state index in [0.29, 0.717) is 5.92 Å². The number of nitrogens with zero attached hydrogens (tertiary/aromatic N) is 1. The topological polar surface area (TPSA) is 48.1 Å². The number of amides is 1. The van der Waals surface area contributed by atoms with Crippen LogP contribution < -0.4 is 5.32 Å². The molecule has 100 valence electrons. The summed E-state index contributed by atoms with van der Waals surface area (Å²) in [5.74, 6) is 0.735. The van der Waals surface area contributed by atoms with E-state index in [1.54, 1.807) is 0 Å². The third-order valence-corrected chi connectivity index (χ3v) is 3.87. The summed E-state index contributed by atoms with van der Waals surface area (Å²) >= 11 is 0. The molecule has 1 aliphatic rings. The lowest BCUT2D eigenvalue weighted by atomic mass is 10.1. The molecule has 0 saturated carbocycles. The highest BCUT2D eigenvalue weighted by Gasteiger charge is 2.26. The molecule has 1 aliphatic heterocycles. The van der Waals surface area contributed by atoms with Crippen molar-refractivity contribution in [3.8, 4) is 0 Å². The Morgan fingerprint density at radius 2 is 2.37 bits per heavy atom. The van der Waals surface area contributed by atoms with E-state index in [2.05, 4.69) is 10.3 Å². The van der Waals surface area contributed by atoms with E-state index in [0.717, 1.165) is 42.5 Å². The van der Waals surface area contributed by atoms with Gasteiger partial charge in [-0.15, -0.1) is 0 Å². The molecule has 1 atom stereocenters. The number of carbonyl (C=O) groups excluding carboxylic acids is 1. The first-order valence-electron chi connectivity index (χ1n) is 6.79. The number of carbonyl (C=O) groups is 1. The molecule has 2 aromatic rings. The Balaban J connectivity index is 1.76. The molecule has 4 heteroatoms. The van der Waals surface area contributed by atoms with Crippen molar-refractivity contribution >= 4 is 16.8 Å². The van der Waals surface area contributed by atoms with Gasteiger partial charge in [0.15, 0.2) is 0 Å². The number of rotatable bonds is 3. The van der Waals surface area contributed by atoms with Gasteiger partial charge in [-0.25, -0.2) is 0 Å². The van der Waals surface area contributed by atoms with Crippen molar-refractivity contribution in [3.63, 3.8) is 0 Å². The highest BCUT2D eigenvalue weighted by Crippen LogP contribution is 2.20. The number of aromatic amines is 1. The standard InChI is InChI=1S/C15H19N3O/c1-16-9-11-5-7-18(10-11)15(19)13-3-2-12-4-6-17-14(12)8-13/h2-4,6,8,11,16-17H,5,7,9-10H2,1H3. The van der Waals surface area contributed by atoms with Crippen LogP contribution in [-0.2, 0) is 0 Å². The predicted molar refractivity (Wildman–Crippen MR) is 76.2 cm³/mol. The molecular weight excluding hydrogens is 238 g/mol. The second-order valence-electron chi connectivity index (χ2n) is 5.24. The molecule has 1 fully saturated rings. The summed E-state index contributed by atoms with van der Waals surface area (Å²) in [7, 11) is 1.96. The van der Waals surface area contributed by atoms with Crippen molar-refractivity contribution in [1.82, 2.24) is 15.2 Å². The molecule has 1 unspecified atom stereocenters. The van der Waals surface area contributed by atoms with E-state index < -0.39 is 0 Å². The zero-order valence-electron chi connectivity index (χ0n) is 11.1. The van der Waals surface area contributed by atoms with Crippen LogP contribution in [0, 0.1) is 5.92 Å². The maximum Gasteiger partial charge on any atom is 0.253 e. The van der Waals surface area contributed by atoms with E-state index in [1.165, 1.54) is 0 Å². The summed E-state index contributed by atoms with van der Waals surface area (Å²) in [4.78, 5) is 17.6. The van der Waals surface area contributed by atoms with Gasteiger partial charge in [0.25, 0.3) is 5.91 Å². The van der Waals surface area contributed by atoms with E-state index >= 15 is 0 Å². The van der Waals surface area contributed by atoms with Crippen molar-refractivity contribution in [1.29, 1.82) is 0 Å². The molecule has 1 aromatic carbocycles. The third-order valence-electron chi connectivity index (χ3n) is 3.87. The van der Waals surface area contributed by atoms with Crippen LogP contribution in [0.4, 0.5) is 0 Å². The molecule has 2 N–H and O–H groups in total. The summed E-state index contributed by atoms with van der Waals surface area (Å²) in [6, 6.07) is 7.88. The highest BCUT2D eigenvalue weighted by atomic mass is 16.2. The molecule has 3 rings (SSSR count). The molecule has 0 aliphatic carbocycles. The maximum atomic E-state index is 12.5. The van der Waals surface area contributed by atoms with Crippen molar-refractivity contribution in [2.24, 2.45) is 5.92 Å². The van der Waals surface area contributed by atoms with Crippen LogP contribution in [0.25, 0.3) is 10.9 Å². The second-order valence-corrected chi connectivity index (χ2v) is 5.24. The Labute approximate surface area is 112 Å². The lowest BCUT2D eigenvalue weighted by Crippen LogP contribution is -2.30. The smallest absolute Gasteiger partial charge is 0.253 e. The van der Waals surface area contributed by atoms with Crippen LogP contribution in [0.5, 0.6) is 0 Å². The van der Waals surface area contributed by atoms with Gasteiger partial charge in [-0.2, -0.15) is 0 Å². The predicted octanol–water partition coefficient (Wildman–Crippen LogP) is 1.85. The zero-order chi connectivity index (χ0) is 13.2. The molecule has 0 bridgehead atoms. The van der Waals surface area contributed by atoms with Crippen molar-refractivity contribution in [3.05, 3.63) is 36.0 Å². The van der Waals surface area contributed by atoms with Crippen LogP contribution in [0.15, 0.2) is 30.5 Å². The first kappa shape index (κ1) is 12.2. The Morgan fingerprint density at radius 1 is 1.47 bits per heavy atom. The van der Waals surface area contributed by atoms with E-state index in [1.807, 2.05) is 42.4 Å². The summed E-state index contributed by atoms with van der Waals surface area (Å²) in [6.45, 7) is 2.72. The Bertz CT molecular complexity index is 590. The first-order chi connectivity index (χ1) is 9.28. The number of hydrogen-bond acceptors (Lipinski definition) is 2. The molecule has 0 spiro atoms. The van der Waals surface area contributed by atoms with E-state index in [-0.39, 0.29) is 5.91 Å². The lowest BCUT2D eigenvalue weighted by molar-refractivity contribution is 0.0787. The van der Waals surface area contributed by atoms with Gasteiger partial charge in [0.2, 0.25) is 0 Å². The minimum Gasteiger partial charge on any atom is -0.361 e. The van der Waals surface area contributed by atoms with Crippen molar-refractivity contribution < 1.29 is 4.79 Å². The lowest BCUT2D eigenvalue weighted by Gasteiger charge is -2.16. The molecular formula is C15H19N3O. The fourth-order valence-electron chi connectivity index (χ4n) is 2.84. The number of hydrogen-bond donors (Lipinski definition) is 2. The number of benzene rings is 1. The average molecular weight is 257 g/mol. The fraction of sp³-hybridized carbons (Fsp3) is 0.400. The van der Waals surface area contributed by atoms with E-state index in [4.69, 9.17) is 0 Å². The SMILES string of the molecule is CNCC1CCN(C(=O)c2ccc3cc[nH]c3c2)C1. The molecule has 4 nitrogen and oxygen atoms in total. The van der Waals surface area contributed by atoms with Gasteiger partial charge in [-0.3, -0.25) is 4.79 Å². The molecule has 0 radical (unpaired) electrons. The summed E-state index contributed by atoms with van der Waals surface area (Å²) < 4.78 is 0. The number of aromatic nitrogens is 1. The number of fused-ring (bicyclic) bond motifs is 1. The van der Waals surface area contributed by atoms with Gasteiger partial charge < -0.3 is 15.2 Å². The molecule has 19 heavy (non-hydrogen) atoms. The Hall–Kier alpha value is -1.81. The van der Waals surface area contributed by atoms with Crippen LogP contribution in [0.3, 0.4) is 0 Å². The van der Waals surface area contributed by atoms with Crippen molar-refractivity contribution in [2.75, 3.05) is 26.7 Å². The van der Waals surface area contributed by atoms with Gasteiger partial charge in [0, 0.05) is 30.4 Å². The van der Waals surface area contributed by atoms with Gasteiger partial charge in [-0.1, -0.05) is 6.07 Å². The largest absolute Gasteiger partial charge is 0.361 e. The molecule has 1 aromatic heterocycles.